The average Bonchev–Trinajstić information content (AvgIpc) is 3.18. The molecule has 272 valence electrons. The van der Waals surface area contributed by atoms with Crippen LogP contribution < -0.4 is 0 Å². The first-order valence-electron chi connectivity index (χ1n) is 14.1. The highest BCUT2D eigenvalue weighted by atomic mass is 32.2. The predicted octanol–water partition coefficient (Wildman–Crippen LogP) is -1.42. The Hall–Kier alpha value is -3.92. The first kappa shape index (κ1) is 40.3. The van der Waals surface area contributed by atoms with E-state index >= 15 is 0 Å². The number of esters is 7. The van der Waals surface area contributed by atoms with E-state index in [1.54, 1.807) is 0 Å². The second-order valence-corrected chi connectivity index (χ2v) is 12.2. The lowest BCUT2D eigenvalue weighted by Gasteiger charge is -2.46. The Kier molecular flexibility index (Phi) is 14.2. The number of carbonyl (C=O) groups excluding carboxylic acids is 7. The van der Waals surface area contributed by atoms with Gasteiger partial charge in [0.05, 0.1) is 12.9 Å². The molecule has 0 bridgehead atoms. The summed E-state index contributed by atoms with van der Waals surface area (Å²) in [5.41, 5.74) is 0. The minimum absolute atomic E-state index is 0.649. The topological polar surface area (TPSA) is 255 Å². The zero-order valence-corrected chi connectivity index (χ0v) is 28.1. The molecule has 2 saturated heterocycles. The van der Waals surface area contributed by atoms with Crippen molar-refractivity contribution in [2.45, 2.75) is 103 Å². The lowest BCUT2D eigenvalue weighted by molar-refractivity contribution is -0.384. The fraction of sp³-hybridized carbons (Fsp3) is 0.741. The van der Waals surface area contributed by atoms with Crippen molar-refractivity contribution in [2.24, 2.45) is 0 Å². The van der Waals surface area contributed by atoms with E-state index in [9.17, 15) is 42.0 Å². The summed E-state index contributed by atoms with van der Waals surface area (Å²) in [5.74, 6) is -9.14. The van der Waals surface area contributed by atoms with E-state index < -0.39 is 127 Å². The molecule has 48 heavy (non-hydrogen) atoms. The van der Waals surface area contributed by atoms with Crippen LogP contribution in [0.4, 0.5) is 0 Å². The maximum atomic E-state index is 12.3. The third kappa shape index (κ3) is 12.0. The van der Waals surface area contributed by atoms with Crippen molar-refractivity contribution >= 4 is 51.9 Å². The van der Waals surface area contributed by atoms with Gasteiger partial charge in [-0.1, -0.05) is 0 Å². The molecule has 0 aromatic carbocycles. The second-order valence-electron chi connectivity index (χ2n) is 10.5. The van der Waals surface area contributed by atoms with E-state index in [2.05, 4.69) is 0 Å². The molecule has 0 saturated carbocycles. The first-order valence-corrected chi connectivity index (χ1v) is 15.9. The van der Waals surface area contributed by atoms with Crippen LogP contribution in [0.5, 0.6) is 0 Å². The summed E-state index contributed by atoms with van der Waals surface area (Å²) in [6, 6.07) is 0. The van der Waals surface area contributed by atoms with Crippen LogP contribution in [0.3, 0.4) is 0 Å². The van der Waals surface area contributed by atoms with Crippen molar-refractivity contribution in [3.05, 3.63) is 0 Å². The van der Waals surface area contributed by atoms with Crippen LogP contribution in [0.2, 0.25) is 0 Å². The summed E-state index contributed by atoms with van der Waals surface area (Å²) in [7, 11) is -4.14. The van der Waals surface area contributed by atoms with Gasteiger partial charge in [-0.3, -0.25) is 37.7 Å². The Bertz CT molecular complexity index is 1340. The molecule has 0 unspecified atom stereocenters. The maximum Gasteiger partial charge on any atom is 0.303 e. The van der Waals surface area contributed by atoms with Crippen LogP contribution in [-0.4, -0.2) is 131 Å². The normalized spacial score (nSPS) is 29.9. The van der Waals surface area contributed by atoms with Crippen LogP contribution in [0, 0.1) is 0 Å². The van der Waals surface area contributed by atoms with E-state index in [4.69, 9.17) is 51.6 Å². The zero-order chi connectivity index (χ0) is 36.6. The quantitative estimate of drug-likeness (QED) is 0.114. The number of carbonyl (C=O) groups is 7. The van der Waals surface area contributed by atoms with Gasteiger partial charge in [0.25, 0.3) is 10.1 Å². The molecular weight excluding hydrogens is 676 g/mol. The Labute approximate surface area is 274 Å². The predicted molar refractivity (Wildman–Crippen MR) is 149 cm³/mol. The molecule has 0 N–H and O–H groups in total. The van der Waals surface area contributed by atoms with Gasteiger partial charge in [-0.2, -0.15) is 8.42 Å². The van der Waals surface area contributed by atoms with Crippen molar-refractivity contribution in [2.75, 3.05) is 26.1 Å². The molecule has 2 fully saturated rings. The highest BCUT2D eigenvalue weighted by Gasteiger charge is 2.65. The van der Waals surface area contributed by atoms with Crippen molar-refractivity contribution in [3.63, 3.8) is 0 Å². The molecule has 2 aliphatic rings. The van der Waals surface area contributed by atoms with Gasteiger partial charge in [-0.25, -0.2) is 0 Å². The lowest BCUT2D eigenvalue weighted by atomic mass is 9.97. The monoisotopic (exact) mass is 714 g/mol. The standard InChI is InChI=1S/C27H38O20S/c1-12(28)37-9-19-21(40-14(3)30)23(42-16(5)32)24(43-17(6)33)26(45-19)47-27(11-38-13(2)29)25(44-18(7)34)22(41-15(4)31)20(46-27)10-39-48(8,35)36/h19-26H,9-11H2,1-8H3/t19-,20-,21-,22-,23+,24-,25+,26-,27+/m1/s1. The molecule has 2 heterocycles. The average molecular weight is 715 g/mol. The fourth-order valence-electron chi connectivity index (χ4n) is 4.75. The van der Waals surface area contributed by atoms with Gasteiger partial charge in [-0.05, 0) is 0 Å². The summed E-state index contributed by atoms with van der Waals surface area (Å²) < 4.78 is 83.6. The van der Waals surface area contributed by atoms with Gasteiger partial charge in [0, 0.05) is 48.5 Å². The largest absolute Gasteiger partial charge is 0.463 e. The highest BCUT2D eigenvalue weighted by molar-refractivity contribution is 7.85. The minimum Gasteiger partial charge on any atom is -0.463 e. The number of hydrogen-bond acceptors (Lipinski definition) is 20. The van der Waals surface area contributed by atoms with Crippen LogP contribution in [0.15, 0.2) is 0 Å². The summed E-state index contributed by atoms with van der Waals surface area (Å²) >= 11 is 0. The van der Waals surface area contributed by atoms with Gasteiger partial charge < -0.3 is 47.4 Å². The smallest absolute Gasteiger partial charge is 0.303 e. The van der Waals surface area contributed by atoms with Gasteiger partial charge >= 0.3 is 41.8 Å². The van der Waals surface area contributed by atoms with Gasteiger partial charge in [0.1, 0.15) is 25.4 Å². The number of ether oxygens (including phenoxy) is 10. The van der Waals surface area contributed by atoms with E-state index in [-0.39, 0.29) is 0 Å². The van der Waals surface area contributed by atoms with Crippen LogP contribution in [0.1, 0.15) is 48.5 Å². The summed E-state index contributed by atoms with van der Waals surface area (Å²) in [4.78, 5) is 84.8. The molecule has 0 spiro atoms. The first-order chi connectivity index (χ1) is 22.1. The molecule has 0 radical (unpaired) electrons. The van der Waals surface area contributed by atoms with Crippen LogP contribution in [0.25, 0.3) is 0 Å². The molecule has 2 aliphatic heterocycles. The Morgan fingerprint density at radius 3 is 1.54 bits per heavy atom. The van der Waals surface area contributed by atoms with Gasteiger partial charge in [0.2, 0.25) is 12.1 Å². The zero-order valence-electron chi connectivity index (χ0n) is 27.3. The van der Waals surface area contributed by atoms with Crippen molar-refractivity contribution in [1.29, 1.82) is 0 Å². The van der Waals surface area contributed by atoms with E-state index in [0.717, 1.165) is 48.5 Å². The van der Waals surface area contributed by atoms with Crippen molar-refractivity contribution in [1.82, 2.24) is 0 Å². The minimum atomic E-state index is -4.14. The molecule has 0 amide bonds. The van der Waals surface area contributed by atoms with Crippen LogP contribution in [-0.2, 0) is 95.2 Å². The molecule has 2 rings (SSSR count). The molecule has 0 aromatic rings. The number of rotatable bonds is 14. The molecule has 0 aromatic heterocycles. The number of hydrogen-bond donors (Lipinski definition) is 0. The van der Waals surface area contributed by atoms with E-state index in [1.165, 1.54) is 0 Å². The van der Waals surface area contributed by atoms with Gasteiger partial charge in [0.15, 0.2) is 30.5 Å². The molecule has 21 heteroatoms. The highest BCUT2D eigenvalue weighted by Crippen LogP contribution is 2.41. The molecule has 9 atom stereocenters. The van der Waals surface area contributed by atoms with Gasteiger partial charge in [-0.15, -0.1) is 0 Å². The SMILES string of the molecule is CC(=O)OC[C@H]1O[C@H](O[C@]2(COC(C)=O)O[C@H](COS(C)(=O)=O)[C@@H](OC(C)=O)[C@@H]2OC(C)=O)[C@H](OC(C)=O)[C@@H](OC(C)=O)[C@@H]1OC(C)=O. The van der Waals surface area contributed by atoms with E-state index in [0.29, 0.717) is 6.26 Å². The summed E-state index contributed by atoms with van der Waals surface area (Å²) in [5, 5.41) is 0. The second kappa shape index (κ2) is 17.0. The Balaban J connectivity index is 2.80. The Morgan fingerprint density at radius 2 is 1.06 bits per heavy atom. The molecule has 0 aliphatic carbocycles. The molecule has 20 nitrogen and oxygen atoms in total. The fourth-order valence-corrected chi connectivity index (χ4v) is 5.13. The maximum absolute atomic E-state index is 12.3. The van der Waals surface area contributed by atoms with Crippen LogP contribution >= 0.6 is 0 Å². The van der Waals surface area contributed by atoms with E-state index in [1.807, 2.05) is 0 Å². The summed E-state index contributed by atoms with van der Waals surface area (Å²) in [6.45, 7) is 4.47. The third-order valence-corrected chi connectivity index (χ3v) is 6.80. The lowest BCUT2D eigenvalue weighted by Crippen LogP contribution is -2.65. The van der Waals surface area contributed by atoms with Crippen molar-refractivity contribution < 1.29 is 93.5 Å². The summed E-state index contributed by atoms with van der Waals surface area (Å²) in [6.07, 6.45) is -13.1. The molecular formula is C27H38O20S. The Morgan fingerprint density at radius 1 is 0.583 bits per heavy atom. The van der Waals surface area contributed by atoms with Crippen molar-refractivity contribution in [3.8, 4) is 0 Å². The third-order valence-electron chi connectivity index (χ3n) is 6.23.